The number of carbonyl (C=O) groups is 1. The summed E-state index contributed by atoms with van der Waals surface area (Å²) >= 11 is 0. The van der Waals surface area contributed by atoms with Crippen LogP contribution in [-0.4, -0.2) is 12.5 Å². The highest BCUT2D eigenvalue weighted by atomic mass is 16.1. The summed E-state index contributed by atoms with van der Waals surface area (Å²) in [5.74, 6) is 0.829. The van der Waals surface area contributed by atoms with E-state index in [1.54, 1.807) is 0 Å². The van der Waals surface area contributed by atoms with Crippen molar-refractivity contribution >= 4 is 5.91 Å². The summed E-state index contributed by atoms with van der Waals surface area (Å²) in [7, 11) is 0. The number of carbonyl (C=O) groups excluding carboxylic acids is 1. The monoisotopic (exact) mass is 260 g/mol. The summed E-state index contributed by atoms with van der Waals surface area (Å²) < 4.78 is 0. The highest BCUT2D eigenvalue weighted by molar-refractivity contribution is 5.94. The largest absolute Gasteiger partial charge is 0.352 e. The van der Waals surface area contributed by atoms with Crippen molar-refractivity contribution in [2.75, 3.05) is 6.54 Å². The summed E-state index contributed by atoms with van der Waals surface area (Å²) in [6.45, 7) is 1.26. The van der Waals surface area contributed by atoms with Gasteiger partial charge in [-0.15, -0.1) is 0 Å². The Morgan fingerprint density at radius 1 is 1.26 bits per heavy atom. The van der Waals surface area contributed by atoms with E-state index in [0.29, 0.717) is 12.1 Å². The zero-order valence-corrected chi connectivity index (χ0v) is 11.5. The van der Waals surface area contributed by atoms with Crippen LogP contribution in [0.2, 0.25) is 0 Å². The van der Waals surface area contributed by atoms with Gasteiger partial charge in [0.05, 0.1) is 0 Å². The first-order valence-electron chi connectivity index (χ1n) is 7.37. The molecule has 1 aromatic carbocycles. The van der Waals surface area contributed by atoms with E-state index in [4.69, 9.17) is 5.73 Å². The summed E-state index contributed by atoms with van der Waals surface area (Å²) in [6.07, 6.45) is 7.88. The zero-order chi connectivity index (χ0) is 13.5. The summed E-state index contributed by atoms with van der Waals surface area (Å²) in [6, 6.07) is 7.54. The van der Waals surface area contributed by atoms with E-state index >= 15 is 0 Å². The number of hydrogen-bond acceptors (Lipinski definition) is 2. The van der Waals surface area contributed by atoms with E-state index in [0.717, 1.165) is 24.4 Å². The summed E-state index contributed by atoms with van der Waals surface area (Å²) in [5, 5.41) is 3.02. The lowest BCUT2D eigenvalue weighted by molar-refractivity contribution is 0.0950. The number of nitrogens with one attached hydrogen (secondary N) is 1. The number of hydrogen-bond donors (Lipinski definition) is 2. The van der Waals surface area contributed by atoms with Crippen LogP contribution in [0.1, 0.15) is 54.4 Å². The molecule has 1 aliphatic rings. The van der Waals surface area contributed by atoms with E-state index in [9.17, 15) is 4.79 Å². The molecular weight excluding hydrogens is 236 g/mol. The Morgan fingerprint density at radius 3 is 2.79 bits per heavy atom. The van der Waals surface area contributed by atoms with Crippen LogP contribution in [0.3, 0.4) is 0 Å². The van der Waals surface area contributed by atoms with Crippen molar-refractivity contribution < 1.29 is 4.79 Å². The Bertz CT molecular complexity index is 411. The smallest absolute Gasteiger partial charge is 0.251 e. The molecule has 0 heterocycles. The van der Waals surface area contributed by atoms with Gasteiger partial charge in [-0.1, -0.05) is 44.2 Å². The lowest BCUT2D eigenvalue weighted by Crippen LogP contribution is -2.26. The van der Waals surface area contributed by atoms with Gasteiger partial charge in [0.25, 0.3) is 5.91 Å². The molecule has 0 radical (unpaired) electrons. The molecule has 3 heteroatoms. The Kier molecular flexibility index (Phi) is 5.40. The van der Waals surface area contributed by atoms with Crippen molar-refractivity contribution in [1.29, 1.82) is 0 Å². The molecule has 1 aliphatic carbocycles. The quantitative estimate of drug-likeness (QED) is 0.855. The van der Waals surface area contributed by atoms with Gasteiger partial charge in [-0.3, -0.25) is 4.79 Å². The zero-order valence-electron chi connectivity index (χ0n) is 11.5. The molecule has 0 bridgehead atoms. The van der Waals surface area contributed by atoms with Gasteiger partial charge in [0.15, 0.2) is 0 Å². The van der Waals surface area contributed by atoms with Crippen LogP contribution in [0.5, 0.6) is 0 Å². The lowest BCUT2D eigenvalue weighted by atomic mass is 9.87. The SMILES string of the molecule is NCc1cccc(C(=O)NCCC2CCCCC2)c1. The van der Waals surface area contributed by atoms with Gasteiger partial charge < -0.3 is 11.1 Å². The third-order valence-electron chi connectivity index (χ3n) is 3.99. The van der Waals surface area contributed by atoms with Crippen molar-refractivity contribution in [1.82, 2.24) is 5.32 Å². The fourth-order valence-corrected chi connectivity index (χ4v) is 2.81. The molecule has 2 rings (SSSR count). The fourth-order valence-electron chi connectivity index (χ4n) is 2.81. The topological polar surface area (TPSA) is 55.1 Å². The molecule has 3 N–H and O–H groups in total. The minimum Gasteiger partial charge on any atom is -0.352 e. The standard InChI is InChI=1S/C16H24N2O/c17-12-14-7-4-8-15(11-14)16(19)18-10-9-13-5-2-1-3-6-13/h4,7-8,11,13H,1-3,5-6,9-10,12,17H2,(H,18,19). The Labute approximate surface area is 115 Å². The number of amides is 1. The van der Waals surface area contributed by atoms with Crippen molar-refractivity contribution in [3.63, 3.8) is 0 Å². The van der Waals surface area contributed by atoms with E-state index in [1.165, 1.54) is 32.1 Å². The van der Waals surface area contributed by atoms with Gasteiger partial charge in [-0.2, -0.15) is 0 Å². The molecule has 104 valence electrons. The maximum absolute atomic E-state index is 12.0. The molecule has 0 unspecified atom stereocenters. The Morgan fingerprint density at radius 2 is 2.05 bits per heavy atom. The van der Waals surface area contributed by atoms with Gasteiger partial charge >= 0.3 is 0 Å². The molecule has 1 aromatic rings. The van der Waals surface area contributed by atoms with Crippen molar-refractivity contribution in [2.45, 2.75) is 45.1 Å². The van der Waals surface area contributed by atoms with Crippen molar-refractivity contribution in [3.05, 3.63) is 35.4 Å². The molecule has 0 aromatic heterocycles. The van der Waals surface area contributed by atoms with Crippen molar-refractivity contribution in [2.24, 2.45) is 11.7 Å². The molecule has 0 aliphatic heterocycles. The fraction of sp³-hybridized carbons (Fsp3) is 0.562. The van der Waals surface area contributed by atoms with E-state index in [1.807, 2.05) is 24.3 Å². The Balaban J connectivity index is 1.77. The van der Waals surface area contributed by atoms with Gasteiger partial charge in [-0.25, -0.2) is 0 Å². The predicted molar refractivity (Wildman–Crippen MR) is 77.9 cm³/mol. The molecule has 1 saturated carbocycles. The lowest BCUT2D eigenvalue weighted by Gasteiger charge is -2.21. The molecule has 1 amide bonds. The van der Waals surface area contributed by atoms with E-state index in [-0.39, 0.29) is 5.91 Å². The van der Waals surface area contributed by atoms with Crippen LogP contribution >= 0.6 is 0 Å². The van der Waals surface area contributed by atoms with E-state index < -0.39 is 0 Å². The van der Waals surface area contributed by atoms with Gasteiger partial charge in [0.1, 0.15) is 0 Å². The third-order valence-corrected chi connectivity index (χ3v) is 3.99. The molecule has 0 saturated heterocycles. The normalized spacial score (nSPS) is 16.3. The van der Waals surface area contributed by atoms with Crippen molar-refractivity contribution in [3.8, 4) is 0 Å². The van der Waals surface area contributed by atoms with Crippen LogP contribution in [-0.2, 0) is 6.54 Å². The third kappa shape index (κ3) is 4.35. The first-order chi connectivity index (χ1) is 9.29. The average Bonchev–Trinajstić information content (AvgIpc) is 2.48. The molecule has 19 heavy (non-hydrogen) atoms. The summed E-state index contributed by atoms with van der Waals surface area (Å²) in [5.41, 5.74) is 7.30. The summed E-state index contributed by atoms with van der Waals surface area (Å²) in [4.78, 5) is 12.0. The number of nitrogens with two attached hydrogens (primary N) is 1. The van der Waals surface area contributed by atoms with E-state index in [2.05, 4.69) is 5.32 Å². The Hall–Kier alpha value is -1.35. The first-order valence-corrected chi connectivity index (χ1v) is 7.37. The van der Waals surface area contributed by atoms with Gasteiger partial charge in [0, 0.05) is 18.7 Å². The van der Waals surface area contributed by atoms with Crippen LogP contribution in [0.15, 0.2) is 24.3 Å². The van der Waals surface area contributed by atoms with Gasteiger partial charge in [-0.05, 0) is 30.0 Å². The minimum absolute atomic E-state index is 0.0195. The number of rotatable bonds is 5. The predicted octanol–water partition coefficient (Wildman–Crippen LogP) is 2.85. The first kappa shape index (κ1) is 14.1. The van der Waals surface area contributed by atoms with Gasteiger partial charge in [0.2, 0.25) is 0 Å². The second kappa shape index (κ2) is 7.29. The minimum atomic E-state index is 0.0195. The highest BCUT2D eigenvalue weighted by Crippen LogP contribution is 2.25. The van der Waals surface area contributed by atoms with Crippen LogP contribution in [0, 0.1) is 5.92 Å². The van der Waals surface area contributed by atoms with Crippen LogP contribution < -0.4 is 11.1 Å². The van der Waals surface area contributed by atoms with Crippen LogP contribution in [0.4, 0.5) is 0 Å². The molecular formula is C16H24N2O. The highest BCUT2D eigenvalue weighted by Gasteiger charge is 2.13. The van der Waals surface area contributed by atoms with Crippen LogP contribution in [0.25, 0.3) is 0 Å². The molecule has 3 nitrogen and oxygen atoms in total. The second-order valence-electron chi connectivity index (χ2n) is 5.45. The molecule has 0 atom stereocenters. The molecule has 0 spiro atoms. The maximum Gasteiger partial charge on any atom is 0.251 e. The average molecular weight is 260 g/mol. The number of benzene rings is 1. The molecule has 1 fully saturated rings. The second-order valence-corrected chi connectivity index (χ2v) is 5.45. The maximum atomic E-state index is 12.0.